The molecule has 2 aromatic carbocycles. The van der Waals surface area contributed by atoms with Crippen LogP contribution in [0.2, 0.25) is 0 Å². The van der Waals surface area contributed by atoms with Gasteiger partial charge in [0.05, 0.1) is 11.9 Å². The minimum absolute atomic E-state index is 0.922. The first-order chi connectivity index (χ1) is 10.0. The van der Waals surface area contributed by atoms with Crippen LogP contribution in [0, 0.1) is 27.7 Å². The lowest BCUT2D eigenvalue weighted by Gasteiger charge is -2.08. The van der Waals surface area contributed by atoms with Gasteiger partial charge in [0, 0.05) is 5.56 Å². The topological polar surface area (TPSA) is 30.7 Å². The van der Waals surface area contributed by atoms with Crippen LogP contribution < -0.4 is 0 Å². The average molecular weight is 277 g/mol. The van der Waals surface area contributed by atoms with Crippen molar-refractivity contribution in [2.75, 3.05) is 0 Å². The highest BCUT2D eigenvalue weighted by Gasteiger charge is 2.11. The molecule has 3 nitrogen and oxygen atoms in total. The molecule has 0 N–H and O–H groups in total. The van der Waals surface area contributed by atoms with Crippen molar-refractivity contribution in [1.82, 2.24) is 15.0 Å². The predicted molar refractivity (Wildman–Crippen MR) is 85.7 cm³/mol. The largest absolute Gasteiger partial charge is 0.220 e. The molecular formula is C18H19N3. The summed E-state index contributed by atoms with van der Waals surface area (Å²) >= 11 is 0. The summed E-state index contributed by atoms with van der Waals surface area (Å²) in [5.74, 6) is 0. The van der Waals surface area contributed by atoms with Gasteiger partial charge < -0.3 is 0 Å². The number of aryl methyl sites for hydroxylation is 4. The van der Waals surface area contributed by atoms with E-state index in [1.54, 1.807) is 0 Å². The summed E-state index contributed by atoms with van der Waals surface area (Å²) < 4.78 is 1.83. The third-order valence-corrected chi connectivity index (χ3v) is 3.73. The molecular weight excluding hydrogens is 258 g/mol. The molecule has 0 aliphatic rings. The first-order valence-electron chi connectivity index (χ1n) is 7.12. The molecule has 0 spiro atoms. The van der Waals surface area contributed by atoms with Crippen molar-refractivity contribution in [3.05, 3.63) is 64.8 Å². The monoisotopic (exact) mass is 277 g/mol. The van der Waals surface area contributed by atoms with Crippen LogP contribution in [-0.2, 0) is 0 Å². The van der Waals surface area contributed by atoms with Crippen LogP contribution >= 0.6 is 0 Å². The molecule has 0 bridgehead atoms. The van der Waals surface area contributed by atoms with Gasteiger partial charge in [-0.25, -0.2) is 4.68 Å². The van der Waals surface area contributed by atoms with Crippen LogP contribution in [0.5, 0.6) is 0 Å². The van der Waals surface area contributed by atoms with Crippen molar-refractivity contribution >= 4 is 0 Å². The number of rotatable bonds is 2. The van der Waals surface area contributed by atoms with Gasteiger partial charge in [-0.3, -0.25) is 0 Å². The Bertz CT molecular complexity index is 759. The van der Waals surface area contributed by atoms with Crippen molar-refractivity contribution in [2.45, 2.75) is 27.7 Å². The van der Waals surface area contributed by atoms with E-state index >= 15 is 0 Å². The van der Waals surface area contributed by atoms with Gasteiger partial charge >= 0.3 is 0 Å². The SMILES string of the molecule is Cc1ccc(-n2cc(-c3c(C)cc(C)cc3C)nn2)cc1. The van der Waals surface area contributed by atoms with Crippen molar-refractivity contribution in [3.8, 4) is 16.9 Å². The minimum atomic E-state index is 0.922. The van der Waals surface area contributed by atoms with E-state index in [-0.39, 0.29) is 0 Å². The minimum Gasteiger partial charge on any atom is -0.220 e. The first-order valence-corrected chi connectivity index (χ1v) is 7.12. The zero-order valence-electron chi connectivity index (χ0n) is 12.9. The molecule has 0 saturated carbocycles. The molecule has 0 amide bonds. The standard InChI is InChI=1S/C18H19N3/c1-12-5-7-16(8-6-12)21-11-17(19-20-21)18-14(3)9-13(2)10-15(18)4/h5-11H,1-4H3. The normalized spacial score (nSPS) is 10.9. The number of aromatic nitrogens is 3. The maximum absolute atomic E-state index is 4.35. The van der Waals surface area contributed by atoms with Crippen LogP contribution in [0.3, 0.4) is 0 Å². The average Bonchev–Trinajstić information content (AvgIpc) is 2.87. The summed E-state index contributed by atoms with van der Waals surface area (Å²) in [5.41, 5.74) is 8.13. The molecule has 3 heteroatoms. The highest BCUT2D eigenvalue weighted by atomic mass is 15.4. The molecule has 0 unspecified atom stereocenters. The van der Waals surface area contributed by atoms with Crippen LogP contribution in [0.15, 0.2) is 42.6 Å². The summed E-state index contributed by atoms with van der Waals surface area (Å²) in [6, 6.07) is 12.7. The summed E-state index contributed by atoms with van der Waals surface area (Å²) in [6.07, 6.45) is 2.00. The summed E-state index contributed by atoms with van der Waals surface area (Å²) in [4.78, 5) is 0. The molecule has 3 rings (SSSR count). The van der Waals surface area contributed by atoms with Gasteiger partial charge in [0.25, 0.3) is 0 Å². The van der Waals surface area contributed by atoms with E-state index in [9.17, 15) is 0 Å². The second kappa shape index (κ2) is 5.17. The van der Waals surface area contributed by atoms with E-state index in [0.29, 0.717) is 0 Å². The summed E-state index contributed by atoms with van der Waals surface area (Å²) in [5, 5.41) is 8.61. The maximum Gasteiger partial charge on any atom is 0.114 e. The van der Waals surface area contributed by atoms with Crippen LogP contribution in [-0.4, -0.2) is 15.0 Å². The third-order valence-electron chi connectivity index (χ3n) is 3.73. The van der Waals surface area contributed by atoms with E-state index in [1.165, 1.54) is 27.8 Å². The Balaban J connectivity index is 2.05. The molecule has 0 fully saturated rings. The Labute approximate surface area is 125 Å². The zero-order chi connectivity index (χ0) is 15.0. The summed E-state index contributed by atoms with van der Waals surface area (Å²) in [6.45, 7) is 8.45. The van der Waals surface area contributed by atoms with Crippen LogP contribution in [0.4, 0.5) is 0 Å². The Hall–Kier alpha value is -2.42. The van der Waals surface area contributed by atoms with Gasteiger partial charge in [-0.15, -0.1) is 5.10 Å². The van der Waals surface area contributed by atoms with E-state index in [4.69, 9.17) is 0 Å². The van der Waals surface area contributed by atoms with E-state index in [0.717, 1.165) is 11.4 Å². The fraction of sp³-hybridized carbons (Fsp3) is 0.222. The fourth-order valence-corrected chi connectivity index (χ4v) is 2.79. The van der Waals surface area contributed by atoms with Crippen LogP contribution in [0.25, 0.3) is 16.9 Å². The second-order valence-corrected chi connectivity index (χ2v) is 5.66. The lowest BCUT2D eigenvalue weighted by molar-refractivity contribution is 0.803. The quantitative estimate of drug-likeness (QED) is 0.704. The molecule has 0 atom stereocenters. The molecule has 0 radical (unpaired) electrons. The third kappa shape index (κ3) is 2.59. The number of benzene rings is 2. The Morgan fingerprint density at radius 1 is 0.810 bits per heavy atom. The highest BCUT2D eigenvalue weighted by Crippen LogP contribution is 2.27. The predicted octanol–water partition coefficient (Wildman–Crippen LogP) is 4.17. The van der Waals surface area contributed by atoms with E-state index < -0.39 is 0 Å². The lowest BCUT2D eigenvalue weighted by Crippen LogP contribution is -1.94. The van der Waals surface area contributed by atoms with E-state index in [1.807, 2.05) is 10.9 Å². The number of hydrogen-bond donors (Lipinski definition) is 0. The molecule has 3 aromatic rings. The Morgan fingerprint density at radius 3 is 2.05 bits per heavy atom. The molecule has 106 valence electrons. The van der Waals surface area contributed by atoms with Gasteiger partial charge in [-0.05, 0) is 51.0 Å². The number of nitrogens with zero attached hydrogens (tertiary/aromatic N) is 3. The van der Waals surface area contributed by atoms with E-state index in [2.05, 4.69) is 74.4 Å². The molecule has 0 saturated heterocycles. The number of hydrogen-bond acceptors (Lipinski definition) is 2. The van der Waals surface area contributed by atoms with Gasteiger partial charge in [-0.1, -0.05) is 40.6 Å². The highest BCUT2D eigenvalue weighted by molar-refractivity contribution is 5.67. The maximum atomic E-state index is 4.35. The second-order valence-electron chi connectivity index (χ2n) is 5.66. The molecule has 0 aliphatic heterocycles. The van der Waals surface area contributed by atoms with Crippen LogP contribution in [0.1, 0.15) is 22.3 Å². The van der Waals surface area contributed by atoms with Gasteiger partial charge in [-0.2, -0.15) is 0 Å². The van der Waals surface area contributed by atoms with Crippen molar-refractivity contribution < 1.29 is 0 Å². The summed E-state index contributed by atoms with van der Waals surface area (Å²) in [7, 11) is 0. The molecule has 1 aromatic heterocycles. The Kier molecular flexibility index (Phi) is 3.34. The van der Waals surface area contributed by atoms with Gasteiger partial charge in [0.2, 0.25) is 0 Å². The van der Waals surface area contributed by atoms with Crippen molar-refractivity contribution in [1.29, 1.82) is 0 Å². The molecule has 0 aliphatic carbocycles. The Morgan fingerprint density at radius 2 is 1.43 bits per heavy atom. The zero-order valence-corrected chi connectivity index (χ0v) is 12.9. The van der Waals surface area contributed by atoms with Gasteiger partial charge in [0.15, 0.2) is 0 Å². The smallest absolute Gasteiger partial charge is 0.114 e. The fourth-order valence-electron chi connectivity index (χ4n) is 2.79. The lowest BCUT2D eigenvalue weighted by atomic mass is 9.98. The molecule has 1 heterocycles. The first kappa shape index (κ1) is 13.6. The molecule has 21 heavy (non-hydrogen) atoms. The van der Waals surface area contributed by atoms with Gasteiger partial charge in [0.1, 0.15) is 5.69 Å². The van der Waals surface area contributed by atoms with Crippen molar-refractivity contribution in [2.24, 2.45) is 0 Å². The van der Waals surface area contributed by atoms with Crippen molar-refractivity contribution in [3.63, 3.8) is 0 Å².